The number of rotatable bonds is 5. The van der Waals surface area contributed by atoms with E-state index in [1.807, 2.05) is 63.2 Å². The van der Waals surface area contributed by atoms with Gasteiger partial charge >= 0.3 is 5.91 Å². The van der Waals surface area contributed by atoms with E-state index in [1.54, 1.807) is 4.57 Å². The molecule has 3 aromatic rings. The van der Waals surface area contributed by atoms with Crippen molar-refractivity contribution in [3.8, 4) is 11.6 Å². The summed E-state index contributed by atoms with van der Waals surface area (Å²) in [6, 6.07) is 13.3. The van der Waals surface area contributed by atoms with Crippen molar-refractivity contribution in [2.24, 2.45) is 10.2 Å². The zero-order valence-corrected chi connectivity index (χ0v) is 15.1. The second-order valence-electron chi connectivity index (χ2n) is 6.04. The first-order valence-corrected chi connectivity index (χ1v) is 8.46. The molecule has 0 saturated heterocycles. The maximum absolute atomic E-state index is 12.1. The van der Waals surface area contributed by atoms with Gasteiger partial charge in [-0.2, -0.15) is 0 Å². The summed E-state index contributed by atoms with van der Waals surface area (Å²) in [5, 5.41) is 18.8. The number of benzene rings is 2. The molecule has 0 unspecified atom stereocenters. The molecular formula is C20H21N3O3. The molecular weight excluding hydrogens is 330 g/mol. The van der Waals surface area contributed by atoms with Crippen LogP contribution in [0.15, 0.2) is 52.7 Å². The van der Waals surface area contributed by atoms with E-state index < -0.39 is 5.91 Å². The van der Waals surface area contributed by atoms with Gasteiger partial charge < -0.3 is 14.4 Å². The predicted molar refractivity (Wildman–Crippen MR) is 100 cm³/mol. The zero-order chi connectivity index (χ0) is 18.7. The maximum atomic E-state index is 12.1. The van der Waals surface area contributed by atoms with Gasteiger partial charge in [0, 0.05) is 11.9 Å². The van der Waals surface area contributed by atoms with Gasteiger partial charge in [0.1, 0.15) is 5.75 Å². The van der Waals surface area contributed by atoms with Crippen molar-refractivity contribution >= 4 is 22.5 Å². The van der Waals surface area contributed by atoms with Gasteiger partial charge in [-0.15, -0.1) is 10.2 Å². The summed E-state index contributed by atoms with van der Waals surface area (Å²) in [4.78, 5) is 12.1. The van der Waals surface area contributed by atoms with Crippen molar-refractivity contribution in [2.75, 3.05) is 6.61 Å². The highest BCUT2D eigenvalue weighted by Crippen LogP contribution is 2.38. The van der Waals surface area contributed by atoms with Crippen molar-refractivity contribution in [2.45, 2.75) is 27.3 Å². The molecule has 6 nitrogen and oxygen atoms in total. The number of hydrogen-bond acceptors (Lipinski definition) is 4. The van der Waals surface area contributed by atoms with Crippen LogP contribution in [0.25, 0.3) is 10.9 Å². The Morgan fingerprint density at radius 1 is 1.12 bits per heavy atom. The summed E-state index contributed by atoms with van der Waals surface area (Å²) in [5.41, 5.74) is 3.06. The Bertz CT molecular complexity index is 969. The van der Waals surface area contributed by atoms with Gasteiger partial charge in [-0.05, 0) is 38.0 Å². The topological polar surface area (TPSA) is 76.2 Å². The van der Waals surface area contributed by atoms with Crippen LogP contribution < -0.4 is 4.74 Å². The highest BCUT2D eigenvalue weighted by atomic mass is 16.5. The van der Waals surface area contributed by atoms with E-state index in [0.29, 0.717) is 18.0 Å². The molecule has 134 valence electrons. The first-order valence-electron chi connectivity index (χ1n) is 8.46. The number of aryl methyl sites for hydroxylation is 3. The van der Waals surface area contributed by atoms with Crippen LogP contribution in [0.4, 0.5) is 5.69 Å². The average molecular weight is 351 g/mol. The Hall–Kier alpha value is -3.15. The Labute approximate surface area is 151 Å². The SMILES string of the molecule is CCn1c(O)c(N=NC(=O)COc2c(C)cccc2C)c2ccccc21. The number of carbonyl (C=O) groups excluding carboxylic acids is 1. The molecule has 1 aromatic heterocycles. The molecule has 6 heteroatoms. The van der Waals surface area contributed by atoms with Crippen LogP contribution in [-0.4, -0.2) is 22.2 Å². The summed E-state index contributed by atoms with van der Waals surface area (Å²) in [6.45, 7) is 6.16. The number of amides is 1. The van der Waals surface area contributed by atoms with E-state index in [9.17, 15) is 9.90 Å². The molecule has 1 amide bonds. The highest BCUT2D eigenvalue weighted by Gasteiger charge is 2.15. The Morgan fingerprint density at radius 3 is 2.50 bits per heavy atom. The molecule has 1 N–H and O–H groups in total. The molecule has 0 atom stereocenters. The third-order valence-corrected chi connectivity index (χ3v) is 4.24. The van der Waals surface area contributed by atoms with Gasteiger partial charge in [0.25, 0.3) is 0 Å². The highest BCUT2D eigenvalue weighted by molar-refractivity contribution is 5.95. The molecule has 3 rings (SSSR count). The smallest absolute Gasteiger partial charge is 0.302 e. The summed E-state index contributed by atoms with van der Waals surface area (Å²) < 4.78 is 7.31. The monoisotopic (exact) mass is 351 g/mol. The minimum Gasteiger partial charge on any atom is -0.493 e. The van der Waals surface area contributed by atoms with Crippen LogP contribution in [0.5, 0.6) is 11.6 Å². The number of para-hydroxylation sites is 2. The first-order chi connectivity index (χ1) is 12.5. The third kappa shape index (κ3) is 3.31. The lowest BCUT2D eigenvalue weighted by molar-refractivity contribution is -0.120. The summed E-state index contributed by atoms with van der Waals surface area (Å²) in [6.07, 6.45) is 0. The minimum atomic E-state index is -0.514. The lowest BCUT2D eigenvalue weighted by atomic mass is 10.1. The molecule has 0 saturated carbocycles. The molecule has 0 radical (unpaired) electrons. The predicted octanol–water partition coefficient (Wildman–Crippen LogP) is 4.67. The van der Waals surface area contributed by atoms with E-state index in [4.69, 9.17) is 4.74 Å². The number of fused-ring (bicyclic) bond motifs is 1. The van der Waals surface area contributed by atoms with E-state index >= 15 is 0 Å². The lowest BCUT2D eigenvalue weighted by Crippen LogP contribution is -2.09. The van der Waals surface area contributed by atoms with Gasteiger partial charge in [0.05, 0.1) is 5.52 Å². The van der Waals surface area contributed by atoms with Gasteiger partial charge in [-0.1, -0.05) is 36.4 Å². The van der Waals surface area contributed by atoms with Crippen molar-refractivity contribution < 1.29 is 14.6 Å². The van der Waals surface area contributed by atoms with Crippen LogP contribution >= 0.6 is 0 Å². The molecule has 0 spiro atoms. The quantitative estimate of drug-likeness (QED) is 0.679. The van der Waals surface area contributed by atoms with Crippen LogP contribution in [-0.2, 0) is 11.3 Å². The number of azo groups is 1. The maximum Gasteiger partial charge on any atom is 0.302 e. The van der Waals surface area contributed by atoms with Crippen molar-refractivity contribution in [1.82, 2.24) is 4.57 Å². The number of ether oxygens (including phenoxy) is 1. The number of aromatic hydroxyl groups is 1. The standard InChI is InChI=1S/C20H21N3O3/c1-4-23-16-11-6-5-10-15(16)18(20(23)25)22-21-17(24)12-26-19-13(2)8-7-9-14(19)3/h5-11,25H,4,12H2,1-3H3. The van der Waals surface area contributed by atoms with Gasteiger partial charge in [-0.3, -0.25) is 4.79 Å². The van der Waals surface area contributed by atoms with Crippen LogP contribution in [0, 0.1) is 13.8 Å². The van der Waals surface area contributed by atoms with Crippen molar-refractivity contribution in [1.29, 1.82) is 0 Å². The van der Waals surface area contributed by atoms with Crippen LogP contribution in [0.2, 0.25) is 0 Å². The zero-order valence-electron chi connectivity index (χ0n) is 15.1. The fourth-order valence-corrected chi connectivity index (χ4v) is 2.99. The molecule has 2 aromatic carbocycles. The van der Waals surface area contributed by atoms with Crippen LogP contribution in [0.3, 0.4) is 0 Å². The molecule has 0 aliphatic heterocycles. The molecule has 0 aliphatic carbocycles. The lowest BCUT2D eigenvalue weighted by Gasteiger charge is -2.09. The van der Waals surface area contributed by atoms with Gasteiger partial charge in [0.2, 0.25) is 5.88 Å². The number of aromatic nitrogens is 1. The first kappa shape index (κ1) is 17.7. The fraction of sp³-hybridized carbons (Fsp3) is 0.250. The fourth-order valence-electron chi connectivity index (χ4n) is 2.99. The number of carbonyl (C=O) groups is 1. The Kier molecular flexibility index (Phi) is 5.02. The second kappa shape index (κ2) is 7.39. The molecule has 0 fully saturated rings. The Morgan fingerprint density at radius 2 is 1.81 bits per heavy atom. The Balaban J connectivity index is 1.79. The molecule has 0 aliphatic rings. The molecule has 26 heavy (non-hydrogen) atoms. The van der Waals surface area contributed by atoms with Gasteiger partial charge in [-0.25, -0.2) is 0 Å². The van der Waals surface area contributed by atoms with E-state index in [0.717, 1.165) is 22.0 Å². The summed E-state index contributed by atoms with van der Waals surface area (Å²) in [7, 11) is 0. The van der Waals surface area contributed by atoms with Crippen molar-refractivity contribution in [3.05, 3.63) is 53.6 Å². The second-order valence-corrected chi connectivity index (χ2v) is 6.04. The normalized spacial score (nSPS) is 11.3. The average Bonchev–Trinajstić information content (AvgIpc) is 2.90. The number of hydrogen-bond donors (Lipinski definition) is 1. The summed E-state index contributed by atoms with van der Waals surface area (Å²) in [5.74, 6) is 0.169. The van der Waals surface area contributed by atoms with Gasteiger partial charge in [0.15, 0.2) is 12.3 Å². The van der Waals surface area contributed by atoms with E-state index in [2.05, 4.69) is 10.2 Å². The van der Waals surface area contributed by atoms with Crippen molar-refractivity contribution in [3.63, 3.8) is 0 Å². The van der Waals surface area contributed by atoms with E-state index in [-0.39, 0.29) is 12.5 Å². The van der Waals surface area contributed by atoms with Crippen LogP contribution in [0.1, 0.15) is 18.1 Å². The summed E-state index contributed by atoms with van der Waals surface area (Å²) >= 11 is 0. The third-order valence-electron chi connectivity index (χ3n) is 4.24. The largest absolute Gasteiger partial charge is 0.493 e. The van der Waals surface area contributed by atoms with E-state index in [1.165, 1.54) is 0 Å². The number of nitrogens with zero attached hydrogens (tertiary/aromatic N) is 3. The molecule has 0 bridgehead atoms. The minimum absolute atomic E-state index is 0.000849. The molecule has 1 heterocycles.